The van der Waals surface area contributed by atoms with Gasteiger partial charge in [-0.25, -0.2) is 4.98 Å². The second kappa shape index (κ2) is 4.79. The minimum atomic E-state index is -0.136. The van der Waals surface area contributed by atoms with Crippen molar-refractivity contribution in [1.82, 2.24) is 10.3 Å². The Balaban J connectivity index is 1.87. The number of aromatic nitrogens is 1. The highest BCUT2D eigenvalue weighted by molar-refractivity contribution is 7.21. The van der Waals surface area contributed by atoms with Gasteiger partial charge in [-0.1, -0.05) is 0 Å². The molecule has 0 aromatic carbocycles. The molecule has 3 N–H and O–H groups in total. The van der Waals surface area contributed by atoms with E-state index >= 15 is 0 Å². The number of nitrogens with one attached hydrogen (secondary N) is 1. The fraction of sp³-hybridized carbons (Fsp3) is 0.385. The average Bonchev–Trinajstić information content (AvgIpc) is 2.95. The highest BCUT2D eigenvalue weighted by Crippen LogP contribution is 2.32. The van der Waals surface area contributed by atoms with E-state index in [0.29, 0.717) is 17.2 Å². The van der Waals surface area contributed by atoms with Gasteiger partial charge >= 0.3 is 0 Å². The zero-order chi connectivity index (χ0) is 13.4. The average molecular weight is 277 g/mol. The smallest absolute Gasteiger partial charge is 0.263 e. The predicted molar refractivity (Wildman–Crippen MR) is 75.3 cm³/mol. The van der Waals surface area contributed by atoms with Crippen LogP contribution >= 0.6 is 11.3 Å². The Kier molecular flexibility index (Phi) is 3.12. The maximum Gasteiger partial charge on any atom is 0.263 e. The van der Waals surface area contributed by atoms with Crippen LogP contribution in [0.3, 0.4) is 0 Å². The molecule has 0 saturated carbocycles. The van der Waals surface area contributed by atoms with Crippen LogP contribution in [0, 0.1) is 0 Å². The van der Waals surface area contributed by atoms with E-state index in [2.05, 4.69) is 10.3 Å². The van der Waals surface area contributed by atoms with Crippen LogP contribution in [-0.4, -0.2) is 29.6 Å². The second-order valence-electron chi connectivity index (χ2n) is 4.65. The van der Waals surface area contributed by atoms with Crippen molar-refractivity contribution in [3.63, 3.8) is 0 Å². The van der Waals surface area contributed by atoms with Crippen molar-refractivity contribution in [1.29, 1.82) is 0 Å². The van der Waals surface area contributed by atoms with Crippen molar-refractivity contribution >= 4 is 33.1 Å². The minimum absolute atomic E-state index is 0.0534. The Morgan fingerprint density at radius 3 is 3.16 bits per heavy atom. The zero-order valence-corrected chi connectivity index (χ0v) is 11.4. The Bertz CT molecular complexity index is 625. The fourth-order valence-corrected chi connectivity index (χ4v) is 3.24. The number of anilines is 1. The number of fused-ring (bicyclic) bond motifs is 1. The van der Waals surface area contributed by atoms with Gasteiger partial charge in [0.25, 0.3) is 5.91 Å². The Morgan fingerprint density at radius 2 is 2.47 bits per heavy atom. The standard InChI is InChI=1S/C13H15N3O2S/c1-7-9(4-6-18-7)16-12(17)11-10(14)8-3-2-5-15-13(8)19-11/h2-3,5,7,9H,4,6,14H2,1H3,(H,16,17). The molecule has 2 atom stereocenters. The summed E-state index contributed by atoms with van der Waals surface area (Å²) in [6.07, 6.45) is 2.60. The Morgan fingerprint density at radius 1 is 1.63 bits per heavy atom. The molecule has 1 aliphatic rings. The van der Waals surface area contributed by atoms with Crippen LogP contribution in [0.25, 0.3) is 10.2 Å². The molecule has 19 heavy (non-hydrogen) atoms. The zero-order valence-electron chi connectivity index (χ0n) is 10.6. The maximum atomic E-state index is 12.3. The molecule has 0 bridgehead atoms. The first-order valence-electron chi connectivity index (χ1n) is 6.22. The molecule has 2 aromatic rings. The number of rotatable bonds is 2. The third-order valence-corrected chi connectivity index (χ3v) is 4.53. The van der Waals surface area contributed by atoms with E-state index in [1.54, 1.807) is 6.20 Å². The number of ether oxygens (including phenoxy) is 1. The summed E-state index contributed by atoms with van der Waals surface area (Å²) in [5, 5.41) is 3.83. The van der Waals surface area contributed by atoms with Crippen LogP contribution in [0.5, 0.6) is 0 Å². The minimum Gasteiger partial charge on any atom is -0.397 e. The van der Waals surface area contributed by atoms with E-state index in [1.165, 1.54) is 11.3 Å². The van der Waals surface area contributed by atoms with Crippen LogP contribution in [0.1, 0.15) is 23.0 Å². The number of hydrogen-bond acceptors (Lipinski definition) is 5. The molecule has 2 aromatic heterocycles. The van der Waals surface area contributed by atoms with Crippen LogP contribution in [0.15, 0.2) is 18.3 Å². The molecule has 0 aliphatic carbocycles. The van der Waals surface area contributed by atoms with Crippen LogP contribution < -0.4 is 11.1 Å². The van der Waals surface area contributed by atoms with Crippen LogP contribution in [-0.2, 0) is 4.74 Å². The van der Waals surface area contributed by atoms with Gasteiger partial charge in [-0.2, -0.15) is 0 Å². The molecule has 1 fully saturated rings. The SMILES string of the molecule is CC1OCCC1NC(=O)c1sc2ncccc2c1N. The lowest BCUT2D eigenvalue weighted by Crippen LogP contribution is -2.39. The summed E-state index contributed by atoms with van der Waals surface area (Å²) in [6, 6.07) is 3.76. The summed E-state index contributed by atoms with van der Waals surface area (Å²) in [5.74, 6) is -0.136. The molecule has 0 spiro atoms. The Hall–Kier alpha value is -1.66. The molecule has 1 saturated heterocycles. The quantitative estimate of drug-likeness (QED) is 0.877. The van der Waals surface area contributed by atoms with E-state index in [9.17, 15) is 4.79 Å². The number of nitrogens with zero attached hydrogens (tertiary/aromatic N) is 1. The lowest BCUT2D eigenvalue weighted by molar-refractivity contribution is 0.0870. The van der Waals surface area contributed by atoms with Crippen molar-refractivity contribution in [3.8, 4) is 0 Å². The predicted octanol–water partition coefficient (Wildman–Crippen LogP) is 1.79. The molecule has 100 valence electrons. The lowest BCUT2D eigenvalue weighted by Gasteiger charge is -2.15. The number of hydrogen-bond donors (Lipinski definition) is 2. The van der Waals surface area contributed by atoms with Gasteiger partial charge in [0.1, 0.15) is 9.71 Å². The van der Waals surface area contributed by atoms with Gasteiger partial charge in [-0.05, 0) is 25.5 Å². The number of carbonyl (C=O) groups excluding carboxylic acids is 1. The van der Waals surface area contributed by atoms with Gasteiger partial charge in [0.2, 0.25) is 0 Å². The maximum absolute atomic E-state index is 12.3. The molecular weight excluding hydrogens is 262 g/mol. The molecule has 3 rings (SSSR count). The third kappa shape index (κ3) is 2.17. The van der Waals surface area contributed by atoms with E-state index in [-0.39, 0.29) is 18.1 Å². The number of thiophene rings is 1. The van der Waals surface area contributed by atoms with Crippen molar-refractivity contribution in [2.24, 2.45) is 0 Å². The first kappa shape index (κ1) is 12.4. The molecule has 1 aliphatic heterocycles. The summed E-state index contributed by atoms with van der Waals surface area (Å²) >= 11 is 1.33. The fourth-order valence-electron chi connectivity index (χ4n) is 2.27. The lowest BCUT2D eigenvalue weighted by atomic mass is 10.1. The van der Waals surface area contributed by atoms with Crippen molar-refractivity contribution < 1.29 is 9.53 Å². The first-order chi connectivity index (χ1) is 9.16. The van der Waals surface area contributed by atoms with Crippen molar-refractivity contribution in [2.45, 2.75) is 25.5 Å². The van der Waals surface area contributed by atoms with Gasteiger partial charge in [0.15, 0.2) is 0 Å². The number of carbonyl (C=O) groups is 1. The Labute approximate surface area is 114 Å². The number of nitrogen functional groups attached to an aromatic ring is 1. The van der Waals surface area contributed by atoms with E-state index < -0.39 is 0 Å². The van der Waals surface area contributed by atoms with Gasteiger partial charge in [-0.15, -0.1) is 11.3 Å². The van der Waals surface area contributed by atoms with E-state index in [1.807, 2.05) is 19.1 Å². The van der Waals surface area contributed by atoms with E-state index in [0.717, 1.165) is 16.6 Å². The molecule has 2 unspecified atom stereocenters. The van der Waals surface area contributed by atoms with E-state index in [4.69, 9.17) is 10.5 Å². The third-order valence-electron chi connectivity index (χ3n) is 3.40. The largest absolute Gasteiger partial charge is 0.397 e. The second-order valence-corrected chi connectivity index (χ2v) is 5.64. The molecular formula is C13H15N3O2S. The number of pyridine rings is 1. The van der Waals surface area contributed by atoms with Crippen molar-refractivity contribution in [2.75, 3.05) is 12.3 Å². The first-order valence-corrected chi connectivity index (χ1v) is 7.04. The summed E-state index contributed by atoms with van der Waals surface area (Å²) in [4.78, 5) is 17.8. The highest BCUT2D eigenvalue weighted by Gasteiger charge is 2.27. The van der Waals surface area contributed by atoms with Crippen molar-refractivity contribution in [3.05, 3.63) is 23.2 Å². The normalized spacial score (nSPS) is 22.8. The summed E-state index contributed by atoms with van der Waals surface area (Å²) in [6.45, 7) is 2.66. The van der Waals surface area contributed by atoms with Gasteiger partial charge < -0.3 is 15.8 Å². The van der Waals surface area contributed by atoms with Gasteiger partial charge in [0, 0.05) is 18.2 Å². The summed E-state index contributed by atoms with van der Waals surface area (Å²) < 4.78 is 5.44. The monoisotopic (exact) mass is 277 g/mol. The van der Waals surface area contributed by atoms with Gasteiger partial charge in [0.05, 0.1) is 17.8 Å². The molecule has 1 amide bonds. The summed E-state index contributed by atoms with van der Waals surface area (Å²) in [7, 11) is 0. The molecule has 0 radical (unpaired) electrons. The summed E-state index contributed by atoms with van der Waals surface area (Å²) in [5.41, 5.74) is 6.54. The molecule has 5 nitrogen and oxygen atoms in total. The highest BCUT2D eigenvalue weighted by atomic mass is 32.1. The molecule has 6 heteroatoms. The topological polar surface area (TPSA) is 77.2 Å². The number of amides is 1. The number of nitrogens with two attached hydrogens (primary N) is 1. The van der Waals surface area contributed by atoms with Crippen LogP contribution in [0.2, 0.25) is 0 Å². The van der Waals surface area contributed by atoms with Crippen LogP contribution in [0.4, 0.5) is 5.69 Å². The van der Waals surface area contributed by atoms with Gasteiger partial charge in [-0.3, -0.25) is 4.79 Å². The molecule has 3 heterocycles.